The van der Waals surface area contributed by atoms with Gasteiger partial charge in [0.25, 0.3) is 5.91 Å². The Kier molecular flexibility index (Phi) is 5.64. The molecule has 0 bridgehead atoms. The average molecular weight is 328 g/mol. The minimum absolute atomic E-state index is 0.0363. The number of hydrogen-bond acceptors (Lipinski definition) is 6. The first-order valence-electron chi connectivity index (χ1n) is 7.23. The molecule has 0 aromatic carbocycles. The lowest BCUT2D eigenvalue weighted by Gasteiger charge is -2.30. The van der Waals surface area contributed by atoms with E-state index in [0.717, 1.165) is 19.4 Å². The van der Waals surface area contributed by atoms with Gasteiger partial charge in [-0.15, -0.1) is 0 Å². The monoisotopic (exact) mass is 328 g/mol. The third kappa shape index (κ3) is 3.77. The van der Waals surface area contributed by atoms with E-state index in [1.165, 1.54) is 11.8 Å². The number of likely N-dealkylation sites (N-methyl/N-ethyl adjacent to an activating group) is 1. The second-order valence-electron chi connectivity index (χ2n) is 5.00. The minimum Gasteiger partial charge on any atom is -0.466 e. The van der Waals surface area contributed by atoms with E-state index in [4.69, 9.17) is 17.0 Å². The molecule has 0 aromatic rings. The Morgan fingerprint density at radius 3 is 2.90 bits per heavy atom. The number of likely N-dealkylation sites (tertiary alicyclic amines) is 1. The molecule has 0 aliphatic carbocycles. The zero-order valence-electron chi connectivity index (χ0n) is 12.3. The molecule has 21 heavy (non-hydrogen) atoms. The summed E-state index contributed by atoms with van der Waals surface area (Å²) in [6.07, 6.45) is 3.62. The zero-order chi connectivity index (χ0) is 15.4. The number of esters is 1. The van der Waals surface area contributed by atoms with Crippen LogP contribution in [0.15, 0.2) is 11.1 Å². The number of carbonyl (C=O) groups is 2. The molecule has 0 spiro atoms. The Balaban J connectivity index is 2.02. The van der Waals surface area contributed by atoms with Crippen LogP contribution in [0.5, 0.6) is 0 Å². The number of amides is 1. The summed E-state index contributed by atoms with van der Waals surface area (Å²) in [4.78, 5) is 28.3. The van der Waals surface area contributed by atoms with Gasteiger partial charge in [0.2, 0.25) is 0 Å². The lowest BCUT2D eigenvalue weighted by molar-refractivity contribution is -0.149. The molecule has 2 fully saturated rings. The Morgan fingerprint density at radius 1 is 1.52 bits per heavy atom. The second kappa shape index (κ2) is 7.26. The van der Waals surface area contributed by atoms with E-state index >= 15 is 0 Å². The molecule has 2 rings (SSSR count). The van der Waals surface area contributed by atoms with Gasteiger partial charge in [0, 0.05) is 25.8 Å². The summed E-state index contributed by atoms with van der Waals surface area (Å²) in [6, 6.07) is 0. The summed E-state index contributed by atoms with van der Waals surface area (Å²) in [5, 5.41) is 0. The van der Waals surface area contributed by atoms with Gasteiger partial charge in [0.15, 0.2) is 0 Å². The molecule has 0 radical (unpaired) electrons. The molecule has 0 N–H and O–H groups in total. The number of thioether (sulfide) groups is 1. The summed E-state index contributed by atoms with van der Waals surface area (Å²) in [7, 11) is 0. The van der Waals surface area contributed by atoms with Crippen LogP contribution in [0, 0.1) is 5.92 Å². The van der Waals surface area contributed by atoms with Gasteiger partial charge in [0.05, 0.1) is 17.4 Å². The highest BCUT2D eigenvalue weighted by atomic mass is 32.2. The highest BCUT2D eigenvalue weighted by Gasteiger charge is 2.32. The topological polar surface area (TPSA) is 49.9 Å². The number of rotatable bonds is 4. The van der Waals surface area contributed by atoms with Crippen molar-refractivity contribution < 1.29 is 14.3 Å². The van der Waals surface area contributed by atoms with Crippen LogP contribution in [0.3, 0.4) is 0 Å². The van der Waals surface area contributed by atoms with Crippen molar-refractivity contribution in [1.82, 2.24) is 9.80 Å². The van der Waals surface area contributed by atoms with Crippen LogP contribution in [-0.4, -0.2) is 52.2 Å². The molecule has 2 aliphatic rings. The first-order valence-corrected chi connectivity index (χ1v) is 8.45. The SMILES string of the molecule is CCOC(=O)C1CCCN(/C=C2\SC(=S)N(CC)C2=O)C1. The Bertz CT molecular complexity index is 479. The molecule has 0 aromatic heterocycles. The predicted molar refractivity (Wildman–Crippen MR) is 86.6 cm³/mol. The fourth-order valence-electron chi connectivity index (χ4n) is 2.51. The number of nitrogens with zero attached hydrogens (tertiary/aromatic N) is 2. The minimum atomic E-state index is -0.142. The molecule has 2 heterocycles. The smallest absolute Gasteiger partial charge is 0.310 e. The Morgan fingerprint density at radius 2 is 2.29 bits per heavy atom. The van der Waals surface area contributed by atoms with Crippen LogP contribution < -0.4 is 0 Å². The van der Waals surface area contributed by atoms with Gasteiger partial charge in [-0.1, -0.05) is 24.0 Å². The zero-order valence-corrected chi connectivity index (χ0v) is 14.0. The quantitative estimate of drug-likeness (QED) is 0.447. The second-order valence-corrected chi connectivity index (χ2v) is 6.67. The van der Waals surface area contributed by atoms with Crippen molar-refractivity contribution in [3.63, 3.8) is 0 Å². The van der Waals surface area contributed by atoms with Gasteiger partial charge in [-0.2, -0.15) is 0 Å². The van der Waals surface area contributed by atoms with Crippen molar-refractivity contribution in [2.45, 2.75) is 26.7 Å². The lowest BCUT2D eigenvalue weighted by atomic mass is 9.98. The fourth-order valence-corrected chi connectivity index (χ4v) is 3.90. The van der Waals surface area contributed by atoms with Gasteiger partial charge in [0.1, 0.15) is 4.32 Å². The summed E-state index contributed by atoms with van der Waals surface area (Å²) >= 11 is 6.53. The van der Waals surface area contributed by atoms with Crippen LogP contribution in [0.1, 0.15) is 26.7 Å². The first kappa shape index (κ1) is 16.3. The Hall–Kier alpha value is -1.08. The van der Waals surface area contributed by atoms with Crippen LogP contribution in [0.2, 0.25) is 0 Å². The maximum atomic E-state index is 12.2. The molecular weight excluding hydrogens is 308 g/mol. The first-order chi connectivity index (χ1) is 10.1. The van der Waals surface area contributed by atoms with E-state index in [0.29, 0.717) is 28.9 Å². The summed E-state index contributed by atoms with van der Waals surface area (Å²) in [6.45, 7) is 6.18. The number of thiocarbonyl (C=S) groups is 1. The van der Waals surface area contributed by atoms with E-state index in [9.17, 15) is 9.59 Å². The highest BCUT2D eigenvalue weighted by Crippen LogP contribution is 2.31. The number of ether oxygens (including phenoxy) is 1. The molecule has 2 saturated heterocycles. The fraction of sp³-hybridized carbons (Fsp3) is 0.643. The van der Waals surface area contributed by atoms with E-state index in [-0.39, 0.29) is 17.8 Å². The normalized spacial score (nSPS) is 24.9. The molecule has 1 amide bonds. The number of carbonyl (C=O) groups excluding carboxylic acids is 2. The molecule has 2 aliphatic heterocycles. The van der Waals surface area contributed by atoms with Crippen molar-refractivity contribution in [2.24, 2.45) is 5.92 Å². The molecule has 0 saturated carbocycles. The maximum absolute atomic E-state index is 12.2. The number of piperidine rings is 1. The van der Waals surface area contributed by atoms with Crippen LogP contribution in [-0.2, 0) is 14.3 Å². The standard InChI is InChI=1S/C14H20N2O3S2/c1-3-16-12(17)11(21-14(16)20)9-15-7-5-6-10(8-15)13(18)19-4-2/h9-10H,3-8H2,1-2H3/b11-9-. The Labute approximate surface area is 134 Å². The van der Waals surface area contributed by atoms with Gasteiger partial charge < -0.3 is 9.64 Å². The van der Waals surface area contributed by atoms with Crippen molar-refractivity contribution in [1.29, 1.82) is 0 Å². The molecular formula is C14H20N2O3S2. The lowest BCUT2D eigenvalue weighted by Crippen LogP contribution is -2.37. The van der Waals surface area contributed by atoms with Crippen molar-refractivity contribution in [2.75, 3.05) is 26.2 Å². The molecule has 7 heteroatoms. The van der Waals surface area contributed by atoms with Gasteiger partial charge in [-0.05, 0) is 26.7 Å². The summed E-state index contributed by atoms with van der Waals surface area (Å²) in [5.74, 6) is -0.284. The maximum Gasteiger partial charge on any atom is 0.310 e. The third-order valence-electron chi connectivity index (χ3n) is 3.56. The predicted octanol–water partition coefficient (Wildman–Crippen LogP) is 1.98. The van der Waals surface area contributed by atoms with Crippen LogP contribution in [0.25, 0.3) is 0 Å². The third-order valence-corrected chi connectivity index (χ3v) is 4.93. The molecule has 116 valence electrons. The summed E-state index contributed by atoms with van der Waals surface area (Å²) < 4.78 is 5.69. The van der Waals surface area contributed by atoms with E-state index in [2.05, 4.69) is 0 Å². The largest absolute Gasteiger partial charge is 0.466 e. The van der Waals surface area contributed by atoms with Gasteiger partial charge in [-0.25, -0.2) is 0 Å². The molecule has 1 atom stereocenters. The van der Waals surface area contributed by atoms with Crippen LogP contribution >= 0.6 is 24.0 Å². The van der Waals surface area contributed by atoms with E-state index in [1.54, 1.807) is 4.90 Å². The molecule has 1 unspecified atom stereocenters. The number of hydrogen-bond donors (Lipinski definition) is 0. The summed E-state index contributed by atoms with van der Waals surface area (Å²) in [5.41, 5.74) is 0. The van der Waals surface area contributed by atoms with Gasteiger partial charge in [-0.3, -0.25) is 14.5 Å². The van der Waals surface area contributed by atoms with E-state index in [1.807, 2.05) is 24.9 Å². The van der Waals surface area contributed by atoms with E-state index < -0.39 is 0 Å². The molecule has 5 nitrogen and oxygen atoms in total. The van der Waals surface area contributed by atoms with Crippen LogP contribution in [0.4, 0.5) is 0 Å². The highest BCUT2D eigenvalue weighted by molar-refractivity contribution is 8.26. The van der Waals surface area contributed by atoms with Gasteiger partial charge >= 0.3 is 5.97 Å². The average Bonchev–Trinajstić information content (AvgIpc) is 2.73. The van der Waals surface area contributed by atoms with Crippen molar-refractivity contribution in [3.8, 4) is 0 Å². The van der Waals surface area contributed by atoms with Crippen molar-refractivity contribution >= 4 is 40.2 Å². The van der Waals surface area contributed by atoms with Crippen molar-refractivity contribution in [3.05, 3.63) is 11.1 Å².